The lowest BCUT2D eigenvalue weighted by molar-refractivity contribution is 0.0239. The van der Waals surface area contributed by atoms with E-state index in [2.05, 4.69) is 20.1 Å². The number of aliphatic hydroxyl groups is 2. The number of methoxy groups -OCH3 is 1. The van der Waals surface area contributed by atoms with Gasteiger partial charge in [-0.2, -0.15) is 0 Å². The quantitative estimate of drug-likeness (QED) is 0.280. The van der Waals surface area contributed by atoms with Crippen LogP contribution in [0.15, 0.2) is 36.5 Å². The first-order valence-corrected chi connectivity index (χ1v) is 15.0. The summed E-state index contributed by atoms with van der Waals surface area (Å²) in [6, 6.07) is 7.02. The summed E-state index contributed by atoms with van der Waals surface area (Å²) in [6.45, 7) is 5.95. The number of benzene rings is 2. The Labute approximate surface area is 250 Å². The van der Waals surface area contributed by atoms with Crippen molar-refractivity contribution in [3.63, 3.8) is 0 Å². The van der Waals surface area contributed by atoms with Crippen molar-refractivity contribution in [3.8, 4) is 5.75 Å². The first kappa shape index (κ1) is 31.5. The summed E-state index contributed by atoms with van der Waals surface area (Å²) in [5, 5.41) is 25.7. The van der Waals surface area contributed by atoms with E-state index in [1.807, 2.05) is 24.4 Å². The van der Waals surface area contributed by atoms with Gasteiger partial charge in [0.2, 0.25) is 0 Å². The van der Waals surface area contributed by atoms with Gasteiger partial charge in [-0.15, -0.1) is 0 Å². The highest BCUT2D eigenvalue weighted by molar-refractivity contribution is 5.85. The number of nitrogens with one attached hydrogen (secondary N) is 1. The number of aliphatic hydroxyl groups excluding tert-OH is 2. The molecule has 0 radical (unpaired) electrons. The van der Waals surface area contributed by atoms with Crippen molar-refractivity contribution in [3.05, 3.63) is 65.1 Å². The fourth-order valence-electron chi connectivity index (χ4n) is 6.26. The Bertz CT molecular complexity index is 1360. The molecule has 3 aromatic rings. The Kier molecular flexibility index (Phi) is 10.4. The largest absolute Gasteiger partial charge is 0.497 e. The second-order valence-corrected chi connectivity index (χ2v) is 11.7. The molecule has 8 nitrogen and oxygen atoms in total. The lowest BCUT2D eigenvalue weighted by atomic mass is 9.74. The minimum Gasteiger partial charge on any atom is -0.497 e. The molecule has 234 valence electrons. The normalized spacial score (nSPS) is 18.6. The molecule has 3 N–H and O–H groups in total. The van der Waals surface area contributed by atoms with Gasteiger partial charge in [0, 0.05) is 63.0 Å². The number of hydrogen-bond donors (Lipinski definition) is 3. The predicted octanol–water partition coefficient (Wildman–Crippen LogP) is 4.49. The number of pyridine rings is 1. The van der Waals surface area contributed by atoms with Gasteiger partial charge >= 0.3 is 0 Å². The second-order valence-electron chi connectivity index (χ2n) is 11.7. The summed E-state index contributed by atoms with van der Waals surface area (Å²) < 4.78 is 52.1. The highest BCUT2D eigenvalue weighted by Crippen LogP contribution is 2.40. The van der Waals surface area contributed by atoms with Crippen molar-refractivity contribution >= 4 is 16.6 Å². The molecule has 11 heteroatoms. The van der Waals surface area contributed by atoms with E-state index in [0.29, 0.717) is 76.7 Å². The monoisotopic (exact) mass is 602 g/mol. The first-order chi connectivity index (χ1) is 20.8. The lowest BCUT2D eigenvalue weighted by Crippen LogP contribution is -2.43. The molecule has 3 heterocycles. The molecule has 0 saturated carbocycles. The lowest BCUT2D eigenvalue weighted by Gasteiger charge is -2.41. The van der Waals surface area contributed by atoms with E-state index in [4.69, 9.17) is 9.47 Å². The Morgan fingerprint density at radius 1 is 1.05 bits per heavy atom. The van der Waals surface area contributed by atoms with Crippen LogP contribution in [-0.2, 0) is 11.3 Å². The summed E-state index contributed by atoms with van der Waals surface area (Å²) in [5.41, 5.74) is 1.97. The average molecular weight is 603 g/mol. The van der Waals surface area contributed by atoms with Crippen LogP contribution >= 0.6 is 0 Å². The van der Waals surface area contributed by atoms with Crippen LogP contribution < -0.4 is 10.1 Å². The SMILES string of the molecule is COc1ccc2ncc(CN3CCOCC3)c([C@@H](O)CCC3(CO)CCN(CCNc4c(F)cc(F)cc4F)CC3)c2c1. The van der Waals surface area contributed by atoms with Crippen molar-refractivity contribution in [1.29, 1.82) is 0 Å². The zero-order valence-electron chi connectivity index (χ0n) is 24.6. The van der Waals surface area contributed by atoms with Crippen molar-refractivity contribution in [2.75, 3.05) is 71.5 Å². The summed E-state index contributed by atoms with van der Waals surface area (Å²) in [6.07, 6.45) is 3.72. The molecule has 2 aliphatic heterocycles. The number of halogens is 3. The van der Waals surface area contributed by atoms with Gasteiger partial charge in [-0.3, -0.25) is 9.88 Å². The van der Waals surface area contributed by atoms with E-state index in [9.17, 15) is 23.4 Å². The van der Waals surface area contributed by atoms with Gasteiger partial charge < -0.3 is 29.9 Å². The molecule has 0 aliphatic carbocycles. The van der Waals surface area contributed by atoms with Crippen LogP contribution in [0.5, 0.6) is 5.75 Å². The third-order valence-corrected chi connectivity index (χ3v) is 8.97. The number of likely N-dealkylation sites (tertiary alicyclic amines) is 1. The maximum Gasteiger partial charge on any atom is 0.152 e. The second kappa shape index (κ2) is 14.2. The Morgan fingerprint density at radius 3 is 2.44 bits per heavy atom. The summed E-state index contributed by atoms with van der Waals surface area (Å²) in [4.78, 5) is 9.16. The maximum absolute atomic E-state index is 13.9. The molecular formula is C32H41F3N4O4. The van der Waals surface area contributed by atoms with Gasteiger partial charge in [0.05, 0.1) is 31.9 Å². The van der Waals surface area contributed by atoms with Gasteiger partial charge in [-0.05, 0) is 73.5 Å². The van der Waals surface area contributed by atoms with E-state index < -0.39 is 23.6 Å². The molecule has 0 unspecified atom stereocenters. The van der Waals surface area contributed by atoms with Gasteiger partial charge in [0.25, 0.3) is 0 Å². The smallest absolute Gasteiger partial charge is 0.152 e. The molecule has 5 rings (SSSR count). The summed E-state index contributed by atoms with van der Waals surface area (Å²) in [5.74, 6) is -2.16. The molecular weight excluding hydrogens is 561 g/mol. The van der Waals surface area contributed by atoms with Crippen LogP contribution in [0.3, 0.4) is 0 Å². The van der Waals surface area contributed by atoms with Crippen LogP contribution in [0, 0.1) is 22.9 Å². The van der Waals surface area contributed by atoms with Crippen LogP contribution in [0.4, 0.5) is 18.9 Å². The highest BCUT2D eigenvalue weighted by atomic mass is 19.1. The highest BCUT2D eigenvalue weighted by Gasteiger charge is 2.35. The van der Waals surface area contributed by atoms with Crippen LogP contribution in [-0.4, -0.2) is 91.2 Å². The predicted molar refractivity (Wildman–Crippen MR) is 159 cm³/mol. The number of ether oxygens (including phenoxy) is 2. The summed E-state index contributed by atoms with van der Waals surface area (Å²) >= 11 is 0. The minimum absolute atomic E-state index is 0.0172. The standard InChI is InChI=1S/C32H41F3N4O4/c1-42-24-2-3-28-25(18-24)30(22(19-37-28)20-39-12-14-43-15-13-39)29(41)4-5-32(21-40)6-9-38(10-7-32)11-8-36-31-26(34)16-23(33)17-27(31)35/h2-3,16-19,29,36,40-41H,4-15,20-21H2,1H3/t29-/m0/s1. The van der Waals surface area contributed by atoms with Crippen molar-refractivity contribution in [1.82, 2.24) is 14.8 Å². The number of piperidine rings is 1. The number of hydrogen-bond acceptors (Lipinski definition) is 8. The zero-order chi connectivity index (χ0) is 30.4. The molecule has 0 bridgehead atoms. The molecule has 2 saturated heterocycles. The Hall–Kier alpha value is -2.96. The van der Waals surface area contributed by atoms with E-state index >= 15 is 0 Å². The van der Waals surface area contributed by atoms with Crippen molar-refractivity contribution in [2.45, 2.75) is 38.3 Å². The number of morpholine rings is 1. The van der Waals surface area contributed by atoms with Crippen molar-refractivity contribution in [2.24, 2.45) is 5.41 Å². The Morgan fingerprint density at radius 2 is 1.77 bits per heavy atom. The van der Waals surface area contributed by atoms with Gasteiger partial charge in [0.15, 0.2) is 11.6 Å². The molecule has 0 amide bonds. The average Bonchev–Trinajstić information content (AvgIpc) is 3.02. The number of anilines is 1. The zero-order valence-corrected chi connectivity index (χ0v) is 24.6. The van der Waals surface area contributed by atoms with E-state index in [1.54, 1.807) is 7.11 Å². The minimum atomic E-state index is -0.956. The van der Waals surface area contributed by atoms with Gasteiger partial charge in [0.1, 0.15) is 17.3 Å². The topological polar surface area (TPSA) is 90.3 Å². The molecule has 2 aromatic carbocycles. The molecule has 2 aliphatic rings. The molecule has 1 aromatic heterocycles. The van der Waals surface area contributed by atoms with E-state index in [1.165, 1.54) is 0 Å². The first-order valence-electron chi connectivity index (χ1n) is 15.0. The number of fused-ring (bicyclic) bond motifs is 1. The third kappa shape index (κ3) is 7.58. The number of rotatable bonds is 12. The molecule has 2 fully saturated rings. The summed E-state index contributed by atoms with van der Waals surface area (Å²) in [7, 11) is 1.62. The molecule has 0 spiro atoms. The number of nitrogens with zero attached hydrogens (tertiary/aromatic N) is 3. The fourth-order valence-corrected chi connectivity index (χ4v) is 6.26. The van der Waals surface area contributed by atoms with E-state index in [0.717, 1.165) is 48.0 Å². The Balaban J connectivity index is 1.22. The molecule has 43 heavy (non-hydrogen) atoms. The van der Waals surface area contributed by atoms with Crippen LogP contribution in [0.25, 0.3) is 10.9 Å². The maximum atomic E-state index is 13.9. The van der Waals surface area contributed by atoms with Crippen LogP contribution in [0.2, 0.25) is 0 Å². The van der Waals surface area contributed by atoms with Crippen molar-refractivity contribution < 1.29 is 32.9 Å². The van der Waals surface area contributed by atoms with E-state index in [-0.39, 0.29) is 17.7 Å². The molecule has 1 atom stereocenters. The number of aromatic nitrogens is 1. The van der Waals surface area contributed by atoms with Gasteiger partial charge in [-0.1, -0.05) is 0 Å². The third-order valence-electron chi connectivity index (χ3n) is 8.97. The fraction of sp³-hybridized carbons (Fsp3) is 0.531. The van der Waals surface area contributed by atoms with Gasteiger partial charge in [-0.25, -0.2) is 13.2 Å². The van der Waals surface area contributed by atoms with Crippen LogP contribution in [0.1, 0.15) is 42.9 Å².